The summed E-state index contributed by atoms with van der Waals surface area (Å²) in [6.07, 6.45) is 0.620. The molecule has 1 aromatic heterocycles. The van der Waals surface area contributed by atoms with Crippen LogP contribution in [0.15, 0.2) is 21.6 Å². The van der Waals surface area contributed by atoms with Gasteiger partial charge in [-0.3, -0.25) is 0 Å². The van der Waals surface area contributed by atoms with Crippen molar-refractivity contribution >= 4 is 10.0 Å². The molecule has 0 aliphatic heterocycles. The fourth-order valence-electron chi connectivity index (χ4n) is 1.44. The lowest BCUT2D eigenvalue weighted by Gasteiger charge is -2.19. The quantitative estimate of drug-likeness (QED) is 0.711. The Morgan fingerprint density at radius 1 is 1.30 bits per heavy atom. The summed E-state index contributed by atoms with van der Waals surface area (Å²) >= 11 is 0. The highest BCUT2D eigenvalue weighted by atomic mass is 32.2. The minimum absolute atomic E-state index is 0.0514. The summed E-state index contributed by atoms with van der Waals surface area (Å²) in [6, 6.07) is 3.14. The van der Waals surface area contributed by atoms with E-state index in [0.717, 1.165) is 0 Å². The molecular formula is C13H24N2O4S. The maximum absolute atomic E-state index is 11.9. The van der Waals surface area contributed by atoms with Gasteiger partial charge in [0.25, 0.3) is 10.0 Å². The second kappa shape index (κ2) is 7.21. The molecule has 0 unspecified atom stereocenters. The van der Waals surface area contributed by atoms with E-state index in [2.05, 4.69) is 10.0 Å². The SMILES string of the molecule is COCCCNS(=O)(=O)c1ccc(CNC(C)(C)C)o1. The van der Waals surface area contributed by atoms with Gasteiger partial charge in [0.15, 0.2) is 0 Å². The second-order valence-corrected chi connectivity index (χ2v) is 7.27. The Kier molecular flexibility index (Phi) is 6.19. The number of furan rings is 1. The molecule has 20 heavy (non-hydrogen) atoms. The van der Waals surface area contributed by atoms with Gasteiger partial charge < -0.3 is 14.5 Å². The van der Waals surface area contributed by atoms with Crippen LogP contribution in [0.4, 0.5) is 0 Å². The van der Waals surface area contributed by atoms with Gasteiger partial charge in [-0.15, -0.1) is 0 Å². The van der Waals surface area contributed by atoms with E-state index in [1.54, 1.807) is 13.2 Å². The predicted molar refractivity (Wildman–Crippen MR) is 77.0 cm³/mol. The van der Waals surface area contributed by atoms with Crippen LogP contribution < -0.4 is 10.0 Å². The van der Waals surface area contributed by atoms with E-state index in [-0.39, 0.29) is 10.6 Å². The highest BCUT2D eigenvalue weighted by Gasteiger charge is 2.18. The van der Waals surface area contributed by atoms with Crippen LogP contribution in [0, 0.1) is 0 Å². The van der Waals surface area contributed by atoms with Gasteiger partial charge in [0.2, 0.25) is 5.09 Å². The second-order valence-electron chi connectivity index (χ2n) is 5.57. The van der Waals surface area contributed by atoms with Crippen molar-refractivity contribution < 1.29 is 17.6 Å². The monoisotopic (exact) mass is 304 g/mol. The lowest BCUT2D eigenvalue weighted by atomic mass is 10.1. The largest absolute Gasteiger partial charge is 0.447 e. The molecule has 1 heterocycles. The summed E-state index contributed by atoms with van der Waals surface area (Å²) in [6.45, 7) is 7.43. The molecule has 0 fully saturated rings. The Hall–Kier alpha value is -0.890. The number of hydrogen-bond donors (Lipinski definition) is 2. The van der Waals surface area contributed by atoms with Crippen molar-refractivity contribution in [2.24, 2.45) is 0 Å². The lowest BCUT2D eigenvalue weighted by Crippen LogP contribution is -2.34. The summed E-state index contributed by atoms with van der Waals surface area (Å²) in [4.78, 5) is 0. The molecular weight excluding hydrogens is 280 g/mol. The normalized spacial score (nSPS) is 12.8. The standard InChI is InChI=1S/C13H24N2O4S/c1-13(2,3)14-10-11-6-7-12(19-11)20(16,17)15-8-5-9-18-4/h6-7,14-15H,5,8-10H2,1-4H3. The number of methoxy groups -OCH3 is 1. The van der Waals surface area contributed by atoms with Gasteiger partial charge in [-0.25, -0.2) is 13.1 Å². The van der Waals surface area contributed by atoms with E-state index in [9.17, 15) is 8.42 Å². The van der Waals surface area contributed by atoms with Crippen LogP contribution >= 0.6 is 0 Å². The van der Waals surface area contributed by atoms with Gasteiger partial charge in [-0.05, 0) is 39.3 Å². The van der Waals surface area contributed by atoms with Crippen LogP contribution in [0.5, 0.6) is 0 Å². The van der Waals surface area contributed by atoms with E-state index in [1.807, 2.05) is 20.8 Å². The highest BCUT2D eigenvalue weighted by molar-refractivity contribution is 7.89. The van der Waals surface area contributed by atoms with Crippen LogP contribution in [0.25, 0.3) is 0 Å². The molecule has 1 aromatic rings. The molecule has 0 amide bonds. The molecule has 7 heteroatoms. The maximum Gasteiger partial charge on any atom is 0.273 e. The summed E-state index contributed by atoms with van der Waals surface area (Å²) in [7, 11) is -1.99. The topological polar surface area (TPSA) is 80.6 Å². The molecule has 0 aliphatic rings. The molecule has 0 saturated heterocycles. The van der Waals surface area contributed by atoms with Gasteiger partial charge in [0.1, 0.15) is 5.76 Å². The summed E-state index contributed by atoms with van der Waals surface area (Å²) in [5.41, 5.74) is -0.0514. The molecule has 0 bridgehead atoms. The van der Waals surface area contributed by atoms with E-state index in [4.69, 9.17) is 9.15 Å². The van der Waals surface area contributed by atoms with Gasteiger partial charge >= 0.3 is 0 Å². The summed E-state index contributed by atoms with van der Waals surface area (Å²) in [5, 5.41) is 3.18. The average molecular weight is 304 g/mol. The Morgan fingerprint density at radius 3 is 2.60 bits per heavy atom. The molecule has 0 aromatic carbocycles. The molecule has 0 atom stereocenters. The lowest BCUT2D eigenvalue weighted by molar-refractivity contribution is 0.196. The number of sulfonamides is 1. The van der Waals surface area contributed by atoms with Crippen LogP contribution in [-0.4, -0.2) is 34.2 Å². The van der Waals surface area contributed by atoms with Gasteiger partial charge in [-0.1, -0.05) is 0 Å². The molecule has 2 N–H and O–H groups in total. The fourth-order valence-corrected chi connectivity index (χ4v) is 2.46. The minimum atomic E-state index is -3.57. The fraction of sp³-hybridized carbons (Fsp3) is 0.692. The van der Waals surface area contributed by atoms with E-state index in [1.165, 1.54) is 6.07 Å². The van der Waals surface area contributed by atoms with E-state index < -0.39 is 10.0 Å². The molecule has 0 aliphatic carbocycles. The van der Waals surface area contributed by atoms with Crippen LogP contribution in [-0.2, 0) is 21.3 Å². The number of nitrogens with one attached hydrogen (secondary N) is 2. The molecule has 0 saturated carbocycles. The molecule has 116 valence electrons. The van der Waals surface area contributed by atoms with Gasteiger partial charge in [0, 0.05) is 25.8 Å². The van der Waals surface area contributed by atoms with Crippen molar-refractivity contribution in [1.82, 2.24) is 10.0 Å². The zero-order valence-corrected chi connectivity index (χ0v) is 13.3. The molecule has 1 rings (SSSR count). The maximum atomic E-state index is 11.9. The minimum Gasteiger partial charge on any atom is -0.447 e. The smallest absolute Gasteiger partial charge is 0.273 e. The molecule has 6 nitrogen and oxygen atoms in total. The van der Waals surface area contributed by atoms with E-state index >= 15 is 0 Å². The van der Waals surface area contributed by atoms with Crippen molar-refractivity contribution in [3.63, 3.8) is 0 Å². The summed E-state index contributed by atoms with van der Waals surface area (Å²) < 4.78 is 36.6. The summed E-state index contributed by atoms with van der Waals surface area (Å²) in [5.74, 6) is 0.595. The number of ether oxygens (including phenoxy) is 1. The van der Waals surface area contributed by atoms with E-state index in [0.29, 0.717) is 31.9 Å². The van der Waals surface area contributed by atoms with Crippen LogP contribution in [0.1, 0.15) is 33.0 Å². The van der Waals surface area contributed by atoms with Crippen LogP contribution in [0.3, 0.4) is 0 Å². The van der Waals surface area contributed by atoms with Crippen molar-refractivity contribution in [1.29, 1.82) is 0 Å². The third kappa shape index (κ3) is 6.04. The molecule has 0 radical (unpaired) electrons. The number of rotatable bonds is 8. The highest BCUT2D eigenvalue weighted by Crippen LogP contribution is 2.14. The zero-order valence-electron chi connectivity index (χ0n) is 12.5. The first-order valence-electron chi connectivity index (χ1n) is 6.57. The van der Waals surface area contributed by atoms with Crippen molar-refractivity contribution in [2.45, 2.75) is 44.4 Å². The first-order chi connectivity index (χ1) is 9.24. The predicted octanol–water partition coefficient (Wildman–Crippen LogP) is 1.48. The molecule has 0 spiro atoms. The van der Waals surface area contributed by atoms with Gasteiger partial charge in [-0.2, -0.15) is 0 Å². The Balaban J connectivity index is 2.56. The van der Waals surface area contributed by atoms with Crippen molar-refractivity contribution in [3.8, 4) is 0 Å². The number of hydrogen-bond acceptors (Lipinski definition) is 5. The van der Waals surface area contributed by atoms with Crippen molar-refractivity contribution in [2.75, 3.05) is 20.3 Å². The van der Waals surface area contributed by atoms with Crippen molar-refractivity contribution in [3.05, 3.63) is 17.9 Å². The third-order valence-electron chi connectivity index (χ3n) is 2.51. The third-order valence-corrected chi connectivity index (χ3v) is 3.85. The zero-order chi connectivity index (χ0) is 15.2. The average Bonchev–Trinajstić information content (AvgIpc) is 2.81. The first-order valence-corrected chi connectivity index (χ1v) is 8.05. The first kappa shape index (κ1) is 17.2. The Bertz CT molecular complexity index is 503. The Morgan fingerprint density at radius 2 is 2.00 bits per heavy atom. The van der Waals surface area contributed by atoms with Gasteiger partial charge in [0.05, 0.1) is 6.54 Å². The van der Waals surface area contributed by atoms with Crippen LogP contribution in [0.2, 0.25) is 0 Å². The Labute approximate surface area is 120 Å².